The number of amides is 1. The van der Waals surface area contributed by atoms with Crippen molar-refractivity contribution in [1.82, 2.24) is 4.90 Å². The molecule has 1 fully saturated rings. The van der Waals surface area contributed by atoms with E-state index in [1.54, 1.807) is 0 Å². The van der Waals surface area contributed by atoms with Crippen LogP contribution in [0.2, 0.25) is 0 Å². The Labute approximate surface area is 109 Å². The summed E-state index contributed by atoms with van der Waals surface area (Å²) in [5, 5.41) is 0. The SMILES string of the molecule is CN(Cc1ccccc1CN)C(=O)C1CC1(C)C. The summed E-state index contributed by atoms with van der Waals surface area (Å²) in [7, 11) is 1.88. The lowest BCUT2D eigenvalue weighted by molar-refractivity contribution is -0.132. The number of hydrogen-bond acceptors (Lipinski definition) is 2. The van der Waals surface area contributed by atoms with Gasteiger partial charge in [-0.25, -0.2) is 0 Å². The summed E-state index contributed by atoms with van der Waals surface area (Å²) in [5.74, 6) is 0.458. The fourth-order valence-corrected chi connectivity index (χ4v) is 2.40. The zero-order valence-corrected chi connectivity index (χ0v) is 11.4. The zero-order chi connectivity index (χ0) is 13.3. The van der Waals surface area contributed by atoms with Gasteiger partial charge >= 0.3 is 0 Å². The fourth-order valence-electron chi connectivity index (χ4n) is 2.40. The van der Waals surface area contributed by atoms with Gasteiger partial charge in [0.2, 0.25) is 5.91 Å². The molecule has 0 aliphatic heterocycles. The monoisotopic (exact) mass is 246 g/mol. The van der Waals surface area contributed by atoms with Crippen molar-refractivity contribution in [2.24, 2.45) is 17.1 Å². The van der Waals surface area contributed by atoms with Crippen LogP contribution in [0.15, 0.2) is 24.3 Å². The molecule has 1 aliphatic carbocycles. The molecule has 0 bridgehead atoms. The molecule has 1 aliphatic rings. The molecule has 0 saturated heterocycles. The maximum absolute atomic E-state index is 12.2. The highest BCUT2D eigenvalue weighted by atomic mass is 16.2. The van der Waals surface area contributed by atoms with Gasteiger partial charge in [0.15, 0.2) is 0 Å². The molecular weight excluding hydrogens is 224 g/mol. The van der Waals surface area contributed by atoms with E-state index in [4.69, 9.17) is 5.73 Å². The topological polar surface area (TPSA) is 46.3 Å². The summed E-state index contributed by atoms with van der Waals surface area (Å²) in [6.45, 7) is 5.47. The molecule has 0 radical (unpaired) electrons. The third-order valence-corrected chi connectivity index (χ3v) is 3.93. The van der Waals surface area contributed by atoms with Gasteiger partial charge in [0.05, 0.1) is 0 Å². The summed E-state index contributed by atoms with van der Waals surface area (Å²) < 4.78 is 0. The molecule has 1 aromatic carbocycles. The lowest BCUT2D eigenvalue weighted by Crippen LogP contribution is -2.29. The highest BCUT2D eigenvalue weighted by Gasteiger charge is 2.51. The van der Waals surface area contributed by atoms with Crippen LogP contribution in [0.4, 0.5) is 0 Å². The lowest BCUT2D eigenvalue weighted by Gasteiger charge is -2.20. The first kappa shape index (κ1) is 13.1. The largest absolute Gasteiger partial charge is 0.341 e. The van der Waals surface area contributed by atoms with Crippen molar-refractivity contribution in [2.45, 2.75) is 33.4 Å². The van der Waals surface area contributed by atoms with Crippen LogP contribution in [-0.4, -0.2) is 17.9 Å². The molecule has 2 N–H and O–H groups in total. The molecule has 0 heterocycles. The number of rotatable bonds is 4. The van der Waals surface area contributed by atoms with E-state index >= 15 is 0 Å². The van der Waals surface area contributed by atoms with Crippen LogP contribution in [-0.2, 0) is 17.9 Å². The molecule has 3 nitrogen and oxygen atoms in total. The molecule has 18 heavy (non-hydrogen) atoms. The number of nitrogens with zero attached hydrogens (tertiary/aromatic N) is 1. The Bertz CT molecular complexity index is 454. The molecule has 98 valence electrons. The quantitative estimate of drug-likeness (QED) is 0.885. The van der Waals surface area contributed by atoms with Gasteiger partial charge in [0, 0.05) is 26.1 Å². The molecule has 0 spiro atoms. The van der Waals surface area contributed by atoms with Crippen LogP contribution < -0.4 is 5.73 Å². The van der Waals surface area contributed by atoms with Gasteiger partial charge in [-0.2, -0.15) is 0 Å². The van der Waals surface area contributed by atoms with E-state index in [-0.39, 0.29) is 17.2 Å². The van der Waals surface area contributed by atoms with E-state index in [1.165, 1.54) is 0 Å². The number of carbonyl (C=O) groups is 1. The van der Waals surface area contributed by atoms with Crippen molar-refractivity contribution in [3.63, 3.8) is 0 Å². The van der Waals surface area contributed by atoms with Crippen molar-refractivity contribution in [3.05, 3.63) is 35.4 Å². The first-order valence-electron chi connectivity index (χ1n) is 6.47. The molecule has 0 aromatic heterocycles. The standard InChI is InChI=1S/C15H22N2O/c1-15(2)8-13(15)14(18)17(3)10-12-7-5-4-6-11(12)9-16/h4-7,13H,8-10,16H2,1-3H3. The molecule has 1 atom stereocenters. The maximum Gasteiger partial charge on any atom is 0.226 e. The second-order valence-electron chi connectivity index (χ2n) is 5.91. The van der Waals surface area contributed by atoms with Crippen LogP contribution in [0.3, 0.4) is 0 Å². The van der Waals surface area contributed by atoms with Gasteiger partial charge in [-0.1, -0.05) is 38.1 Å². The number of benzene rings is 1. The summed E-state index contributed by atoms with van der Waals surface area (Å²) in [5.41, 5.74) is 8.17. The van der Waals surface area contributed by atoms with E-state index in [0.717, 1.165) is 17.5 Å². The van der Waals surface area contributed by atoms with Crippen molar-refractivity contribution in [3.8, 4) is 0 Å². The zero-order valence-electron chi connectivity index (χ0n) is 11.4. The average Bonchev–Trinajstić information content (AvgIpc) is 2.98. The number of carbonyl (C=O) groups excluding carboxylic acids is 1. The average molecular weight is 246 g/mol. The summed E-state index contributed by atoms with van der Waals surface area (Å²) in [6.07, 6.45) is 1.01. The van der Waals surface area contributed by atoms with Gasteiger partial charge in [-0.05, 0) is 23.0 Å². The van der Waals surface area contributed by atoms with Crippen LogP contribution in [0, 0.1) is 11.3 Å². The van der Waals surface area contributed by atoms with E-state index in [1.807, 2.05) is 36.2 Å². The minimum absolute atomic E-state index is 0.193. The minimum atomic E-state index is 0.193. The first-order valence-corrected chi connectivity index (χ1v) is 6.47. The van der Waals surface area contributed by atoms with Gasteiger partial charge in [-0.3, -0.25) is 4.79 Å². The Morgan fingerprint density at radius 1 is 1.39 bits per heavy atom. The van der Waals surface area contributed by atoms with Gasteiger partial charge < -0.3 is 10.6 Å². The van der Waals surface area contributed by atoms with Crippen molar-refractivity contribution >= 4 is 5.91 Å². The lowest BCUT2D eigenvalue weighted by atomic mass is 10.1. The number of hydrogen-bond donors (Lipinski definition) is 1. The Morgan fingerprint density at radius 2 is 1.94 bits per heavy atom. The maximum atomic E-state index is 12.2. The molecule has 3 heteroatoms. The Balaban J connectivity index is 2.03. The molecule has 1 saturated carbocycles. The number of nitrogens with two attached hydrogens (primary N) is 1. The van der Waals surface area contributed by atoms with E-state index < -0.39 is 0 Å². The Kier molecular flexibility index (Phi) is 3.44. The predicted molar refractivity (Wildman–Crippen MR) is 72.7 cm³/mol. The van der Waals surface area contributed by atoms with Crippen LogP contribution in [0.5, 0.6) is 0 Å². The first-order chi connectivity index (χ1) is 8.45. The molecule has 2 rings (SSSR count). The molecule has 1 amide bonds. The molecule has 1 aromatic rings. The second-order valence-corrected chi connectivity index (χ2v) is 5.91. The second kappa shape index (κ2) is 4.73. The third kappa shape index (κ3) is 2.56. The van der Waals surface area contributed by atoms with Crippen LogP contribution >= 0.6 is 0 Å². The fraction of sp³-hybridized carbons (Fsp3) is 0.533. The normalized spacial score (nSPS) is 20.6. The van der Waals surface area contributed by atoms with Gasteiger partial charge in [0.1, 0.15) is 0 Å². The third-order valence-electron chi connectivity index (χ3n) is 3.93. The summed E-state index contributed by atoms with van der Waals surface area (Å²) >= 11 is 0. The van der Waals surface area contributed by atoms with E-state index in [0.29, 0.717) is 13.1 Å². The van der Waals surface area contributed by atoms with Crippen LogP contribution in [0.1, 0.15) is 31.4 Å². The highest BCUT2D eigenvalue weighted by molar-refractivity contribution is 5.82. The highest BCUT2D eigenvalue weighted by Crippen LogP contribution is 2.52. The Hall–Kier alpha value is -1.35. The van der Waals surface area contributed by atoms with Crippen LogP contribution in [0.25, 0.3) is 0 Å². The summed E-state index contributed by atoms with van der Waals surface area (Å²) in [4.78, 5) is 14.0. The minimum Gasteiger partial charge on any atom is -0.341 e. The van der Waals surface area contributed by atoms with Gasteiger partial charge in [-0.15, -0.1) is 0 Å². The smallest absolute Gasteiger partial charge is 0.226 e. The Morgan fingerprint density at radius 3 is 2.44 bits per heavy atom. The molecular formula is C15H22N2O. The van der Waals surface area contributed by atoms with Crippen molar-refractivity contribution < 1.29 is 4.79 Å². The predicted octanol–water partition coefficient (Wildman–Crippen LogP) is 2.15. The summed E-state index contributed by atoms with van der Waals surface area (Å²) in [6, 6.07) is 8.05. The van der Waals surface area contributed by atoms with Crippen molar-refractivity contribution in [2.75, 3.05) is 7.05 Å². The van der Waals surface area contributed by atoms with Crippen molar-refractivity contribution in [1.29, 1.82) is 0 Å². The molecule has 1 unspecified atom stereocenters. The van der Waals surface area contributed by atoms with E-state index in [2.05, 4.69) is 13.8 Å². The van der Waals surface area contributed by atoms with Gasteiger partial charge in [0.25, 0.3) is 0 Å². The van der Waals surface area contributed by atoms with E-state index in [9.17, 15) is 4.79 Å².